The normalized spacial score (nSPS) is 16.6. The van der Waals surface area contributed by atoms with Crippen molar-refractivity contribution in [3.05, 3.63) is 57.5 Å². The van der Waals surface area contributed by atoms with Crippen LogP contribution < -0.4 is 15.1 Å². The number of nitrogens with zero attached hydrogens (tertiary/aromatic N) is 4. The van der Waals surface area contributed by atoms with E-state index in [0.717, 1.165) is 18.9 Å². The lowest BCUT2D eigenvalue weighted by Gasteiger charge is -2.36. The molecule has 1 aromatic carbocycles. The van der Waals surface area contributed by atoms with E-state index in [1.807, 2.05) is 11.0 Å². The molecular weight excluding hydrogens is 443 g/mol. The Balaban J connectivity index is 1.49. The fraction of sp³-hybridized carbons (Fsp3) is 0.375. The summed E-state index contributed by atoms with van der Waals surface area (Å²) in [6.45, 7) is 2.86. The summed E-state index contributed by atoms with van der Waals surface area (Å²) in [6, 6.07) is 6.57. The van der Waals surface area contributed by atoms with Crippen LogP contribution in [0.4, 0.5) is 10.1 Å². The van der Waals surface area contributed by atoms with Gasteiger partial charge in [-0.3, -0.25) is 9.69 Å². The Labute approximate surface area is 194 Å². The Morgan fingerprint density at radius 2 is 2.03 bits per heavy atom. The van der Waals surface area contributed by atoms with Crippen molar-refractivity contribution in [2.75, 3.05) is 38.2 Å². The maximum Gasteiger partial charge on any atom is 0.341 e. The maximum absolute atomic E-state index is 15.4. The number of rotatable bonds is 6. The number of furan rings is 1. The van der Waals surface area contributed by atoms with Crippen LogP contribution in [0.25, 0.3) is 10.9 Å². The van der Waals surface area contributed by atoms with Gasteiger partial charge in [-0.15, -0.1) is 0 Å². The lowest BCUT2D eigenvalue weighted by atomic mass is 10.1. The minimum Gasteiger partial charge on any atom is -0.492 e. The Kier molecular flexibility index (Phi) is 5.49. The molecule has 2 aromatic heterocycles. The van der Waals surface area contributed by atoms with E-state index < -0.39 is 17.2 Å². The van der Waals surface area contributed by atoms with Gasteiger partial charge in [0.25, 0.3) is 0 Å². The second kappa shape index (κ2) is 8.50. The molecule has 10 heteroatoms. The van der Waals surface area contributed by atoms with Crippen molar-refractivity contribution in [3.63, 3.8) is 0 Å². The summed E-state index contributed by atoms with van der Waals surface area (Å²) in [5.41, 5.74) is -0.391. The molecule has 0 unspecified atom stereocenters. The van der Waals surface area contributed by atoms with E-state index >= 15 is 4.39 Å². The Morgan fingerprint density at radius 1 is 1.29 bits per heavy atom. The van der Waals surface area contributed by atoms with Gasteiger partial charge in [-0.05, 0) is 31.0 Å². The van der Waals surface area contributed by atoms with E-state index in [1.54, 1.807) is 16.7 Å². The number of ether oxygens (including phenoxy) is 1. The Hall–Kier alpha value is -3.84. The molecule has 5 rings (SSSR count). The molecule has 1 saturated heterocycles. The molecule has 3 aromatic rings. The first-order valence-corrected chi connectivity index (χ1v) is 11.1. The predicted molar refractivity (Wildman–Crippen MR) is 121 cm³/mol. The van der Waals surface area contributed by atoms with Gasteiger partial charge in [-0.1, -0.05) is 0 Å². The molecule has 0 spiro atoms. The molecule has 0 bridgehead atoms. The van der Waals surface area contributed by atoms with Crippen LogP contribution in [0.5, 0.6) is 5.75 Å². The highest BCUT2D eigenvalue weighted by Crippen LogP contribution is 2.43. The van der Waals surface area contributed by atoms with Gasteiger partial charge in [0.05, 0.1) is 24.6 Å². The summed E-state index contributed by atoms with van der Waals surface area (Å²) >= 11 is 0. The van der Waals surface area contributed by atoms with Crippen molar-refractivity contribution in [1.82, 2.24) is 9.47 Å². The molecule has 2 fully saturated rings. The first-order valence-electron chi connectivity index (χ1n) is 11.1. The zero-order valence-corrected chi connectivity index (χ0v) is 18.6. The maximum atomic E-state index is 15.4. The van der Waals surface area contributed by atoms with Gasteiger partial charge in [-0.2, -0.15) is 5.26 Å². The zero-order chi connectivity index (χ0) is 24.0. The van der Waals surface area contributed by atoms with Crippen LogP contribution >= 0.6 is 0 Å². The number of pyridine rings is 1. The quantitative estimate of drug-likeness (QED) is 0.590. The molecular formula is C24H23FN4O5. The monoisotopic (exact) mass is 466 g/mol. The van der Waals surface area contributed by atoms with E-state index in [9.17, 15) is 14.7 Å². The smallest absolute Gasteiger partial charge is 0.341 e. The number of piperazine rings is 1. The van der Waals surface area contributed by atoms with Gasteiger partial charge in [0.2, 0.25) is 11.2 Å². The van der Waals surface area contributed by atoms with Gasteiger partial charge in [0.1, 0.15) is 23.1 Å². The van der Waals surface area contributed by atoms with Crippen molar-refractivity contribution in [2.45, 2.75) is 25.4 Å². The van der Waals surface area contributed by atoms with Crippen molar-refractivity contribution >= 4 is 22.6 Å². The van der Waals surface area contributed by atoms with E-state index in [1.165, 1.54) is 13.3 Å². The molecule has 0 radical (unpaired) electrons. The van der Waals surface area contributed by atoms with Gasteiger partial charge in [0, 0.05) is 38.4 Å². The number of nitriles is 1. The number of fused-ring (bicyclic) bond motifs is 1. The predicted octanol–water partition coefficient (Wildman–Crippen LogP) is 2.97. The average Bonchev–Trinajstić information content (AvgIpc) is 3.57. The highest BCUT2D eigenvalue weighted by Gasteiger charge is 2.32. The number of hydrogen-bond donors (Lipinski definition) is 1. The van der Waals surface area contributed by atoms with Crippen molar-refractivity contribution in [3.8, 4) is 11.8 Å². The van der Waals surface area contributed by atoms with Crippen LogP contribution in [0.15, 0.2) is 33.6 Å². The number of carboxylic acids is 1. The number of hydrogen-bond acceptors (Lipinski definition) is 7. The largest absolute Gasteiger partial charge is 0.492 e. The van der Waals surface area contributed by atoms with Crippen LogP contribution in [0.3, 0.4) is 0 Å². The fourth-order valence-electron chi connectivity index (χ4n) is 4.60. The number of carboxylic acid groups (broad SMARTS) is 1. The molecule has 1 aliphatic carbocycles. The summed E-state index contributed by atoms with van der Waals surface area (Å²) < 4.78 is 28.3. The average molecular weight is 466 g/mol. The number of methoxy groups -OCH3 is 1. The molecule has 176 valence electrons. The van der Waals surface area contributed by atoms with Crippen molar-refractivity contribution in [1.29, 1.82) is 5.26 Å². The molecule has 1 saturated carbocycles. The van der Waals surface area contributed by atoms with E-state index in [2.05, 4.69) is 4.90 Å². The Bertz CT molecular complexity index is 1380. The molecule has 3 heterocycles. The van der Waals surface area contributed by atoms with Gasteiger partial charge >= 0.3 is 5.97 Å². The van der Waals surface area contributed by atoms with Crippen LogP contribution in [0, 0.1) is 17.1 Å². The second-order valence-electron chi connectivity index (χ2n) is 8.59. The van der Waals surface area contributed by atoms with Crippen LogP contribution in [0.2, 0.25) is 0 Å². The lowest BCUT2D eigenvalue weighted by molar-refractivity contribution is 0.0694. The minimum atomic E-state index is -1.33. The number of aromatic nitrogens is 1. The SMILES string of the molecule is COc1c(N2CCN(Cc3ccc(C#N)o3)CC2)c(F)cc2c(=O)c(C(=O)O)cn(C3CC3)c12. The first-order chi connectivity index (χ1) is 16.4. The highest BCUT2D eigenvalue weighted by atomic mass is 19.1. The number of carbonyl (C=O) groups is 1. The minimum absolute atomic E-state index is 0.00894. The molecule has 9 nitrogen and oxygen atoms in total. The molecule has 34 heavy (non-hydrogen) atoms. The lowest BCUT2D eigenvalue weighted by Crippen LogP contribution is -2.46. The molecule has 0 atom stereocenters. The van der Waals surface area contributed by atoms with Crippen LogP contribution in [-0.4, -0.2) is 53.8 Å². The van der Waals surface area contributed by atoms with E-state index in [4.69, 9.17) is 14.4 Å². The summed E-state index contributed by atoms with van der Waals surface area (Å²) in [5, 5.41) is 18.4. The summed E-state index contributed by atoms with van der Waals surface area (Å²) in [4.78, 5) is 28.5. The molecule has 2 aliphatic rings. The van der Waals surface area contributed by atoms with Crippen LogP contribution in [-0.2, 0) is 6.54 Å². The van der Waals surface area contributed by atoms with E-state index in [0.29, 0.717) is 44.0 Å². The molecule has 1 aliphatic heterocycles. The molecule has 1 N–H and O–H groups in total. The van der Waals surface area contributed by atoms with Crippen molar-refractivity contribution < 1.29 is 23.4 Å². The topological polar surface area (TPSA) is 112 Å². The van der Waals surface area contributed by atoms with Gasteiger partial charge in [-0.25, -0.2) is 9.18 Å². The summed E-state index contributed by atoms with van der Waals surface area (Å²) in [5.74, 6) is -0.746. The van der Waals surface area contributed by atoms with Gasteiger partial charge < -0.3 is 23.7 Å². The highest BCUT2D eigenvalue weighted by molar-refractivity contribution is 5.97. The Morgan fingerprint density at radius 3 is 2.62 bits per heavy atom. The summed E-state index contributed by atoms with van der Waals surface area (Å²) in [6.07, 6.45) is 3.06. The van der Waals surface area contributed by atoms with Gasteiger partial charge in [0.15, 0.2) is 11.6 Å². The van der Waals surface area contributed by atoms with E-state index in [-0.39, 0.29) is 34.2 Å². The standard InChI is InChI=1S/C24H23FN4O5/c1-33-23-20-17(22(30)18(24(31)32)13-29(20)14-2-3-14)10-19(25)21(23)28-8-6-27(7-9-28)12-16-5-4-15(11-26)34-16/h4-5,10,13-14H,2-3,6-9,12H2,1H3,(H,31,32). The zero-order valence-electron chi connectivity index (χ0n) is 18.6. The number of aromatic carboxylic acids is 1. The van der Waals surface area contributed by atoms with Crippen LogP contribution in [0.1, 0.15) is 40.8 Å². The number of anilines is 1. The van der Waals surface area contributed by atoms with Crippen molar-refractivity contribution in [2.24, 2.45) is 0 Å². The third-order valence-corrected chi connectivity index (χ3v) is 6.41. The fourth-order valence-corrected chi connectivity index (χ4v) is 4.60. The third-order valence-electron chi connectivity index (χ3n) is 6.41. The second-order valence-corrected chi connectivity index (χ2v) is 8.59. The first kappa shape index (κ1) is 22.0. The summed E-state index contributed by atoms with van der Waals surface area (Å²) in [7, 11) is 1.43. The molecule has 0 amide bonds. The third kappa shape index (κ3) is 3.78. The number of halogens is 1. The number of benzene rings is 1.